The highest BCUT2D eigenvalue weighted by Gasteiger charge is 2.33. The fourth-order valence-corrected chi connectivity index (χ4v) is 2.65. The minimum atomic E-state index is -2.67. The Morgan fingerprint density at radius 2 is 2.21 bits per heavy atom. The molecule has 5 heteroatoms. The first-order valence-corrected chi connectivity index (χ1v) is 6.56. The van der Waals surface area contributed by atoms with Crippen LogP contribution in [0.1, 0.15) is 49.2 Å². The molecule has 1 aromatic heterocycles. The number of amides is 1. The molecule has 2 heterocycles. The summed E-state index contributed by atoms with van der Waals surface area (Å²) in [6.07, 6.45) is 0.568. The van der Waals surface area contributed by atoms with Crippen LogP contribution in [0, 0.1) is 5.92 Å². The van der Waals surface area contributed by atoms with Gasteiger partial charge in [0.05, 0.1) is 0 Å². The van der Waals surface area contributed by atoms with Crippen molar-refractivity contribution in [1.29, 1.82) is 0 Å². The molecule has 3 nitrogen and oxygen atoms in total. The summed E-state index contributed by atoms with van der Waals surface area (Å²) in [5, 5.41) is 0. The number of carbonyl (C=O) groups excluding carboxylic acids is 1. The van der Waals surface area contributed by atoms with Crippen molar-refractivity contribution in [1.82, 2.24) is 9.88 Å². The zero-order valence-electron chi connectivity index (χ0n) is 11.1. The molecule has 0 saturated carbocycles. The lowest BCUT2D eigenvalue weighted by Gasteiger charge is -2.27. The van der Waals surface area contributed by atoms with Crippen molar-refractivity contribution in [2.75, 3.05) is 6.54 Å². The topological polar surface area (TPSA) is 33.2 Å². The molecule has 1 atom stereocenters. The van der Waals surface area contributed by atoms with Crippen LogP contribution in [0.4, 0.5) is 8.78 Å². The summed E-state index contributed by atoms with van der Waals surface area (Å²) >= 11 is 0. The Bertz CT molecular complexity index is 463. The Labute approximate surface area is 111 Å². The van der Waals surface area contributed by atoms with Gasteiger partial charge < -0.3 is 4.90 Å². The maximum Gasteiger partial charge on any atom is 0.273 e. The number of nitrogens with zero attached hydrogens (tertiary/aromatic N) is 2. The maximum absolute atomic E-state index is 12.9. The fourth-order valence-electron chi connectivity index (χ4n) is 2.65. The zero-order valence-corrected chi connectivity index (χ0v) is 11.1. The van der Waals surface area contributed by atoms with Crippen LogP contribution >= 0.6 is 0 Å². The van der Waals surface area contributed by atoms with E-state index in [1.807, 2.05) is 13.8 Å². The smallest absolute Gasteiger partial charge is 0.273 e. The van der Waals surface area contributed by atoms with Gasteiger partial charge in [0.15, 0.2) is 0 Å². The number of hydrogen-bond donors (Lipinski definition) is 0. The molecule has 2 rings (SSSR count). The van der Waals surface area contributed by atoms with Gasteiger partial charge in [0, 0.05) is 24.3 Å². The van der Waals surface area contributed by atoms with Gasteiger partial charge in [-0.3, -0.25) is 9.78 Å². The molecule has 1 aliphatic rings. The van der Waals surface area contributed by atoms with E-state index in [4.69, 9.17) is 0 Å². The Morgan fingerprint density at radius 1 is 1.47 bits per heavy atom. The van der Waals surface area contributed by atoms with Crippen molar-refractivity contribution in [3.05, 3.63) is 29.6 Å². The van der Waals surface area contributed by atoms with E-state index in [1.54, 1.807) is 4.90 Å². The molecule has 0 aromatic carbocycles. The zero-order chi connectivity index (χ0) is 14.0. The third-order valence-corrected chi connectivity index (χ3v) is 3.61. The van der Waals surface area contributed by atoms with Gasteiger partial charge in [-0.05, 0) is 30.9 Å². The van der Waals surface area contributed by atoms with E-state index in [-0.39, 0.29) is 23.2 Å². The maximum atomic E-state index is 12.9. The quantitative estimate of drug-likeness (QED) is 0.843. The number of rotatable bonds is 3. The van der Waals surface area contributed by atoms with Crippen molar-refractivity contribution < 1.29 is 13.6 Å². The van der Waals surface area contributed by atoms with Crippen molar-refractivity contribution >= 4 is 5.91 Å². The van der Waals surface area contributed by atoms with E-state index in [9.17, 15) is 13.6 Å². The van der Waals surface area contributed by atoms with Crippen LogP contribution in [0.2, 0.25) is 0 Å². The summed E-state index contributed by atoms with van der Waals surface area (Å²) in [6.45, 7) is 4.71. The van der Waals surface area contributed by atoms with Crippen LogP contribution in [0.15, 0.2) is 18.3 Å². The number of likely N-dealkylation sites (tertiary alicyclic amines) is 1. The van der Waals surface area contributed by atoms with Crippen LogP contribution in [0.25, 0.3) is 0 Å². The SMILES string of the molecule is CC(C)C1CCCN1C(=O)c1ncccc1C(F)F. The van der Waals surface area contributed by atoms with E-state index in [2.05, 4.69) is 4.98 Å². The largest absolute Gasteiger partial charge is 0.334 e. The van der Waals surface area contributed by atoms with Crippen LogP contribution in [-0.2, 0) is 0 Å². The van der Waals surface area contributed by atoms with E-state index < -0.39 is 6.43 Å². The van der Waals surface area contributed by atoms with Crippen LogP contribution < -0.4 is 0 Å². The lowest BCUT2D eigenvalue weighted by atomic mass is 10.0. The predicted octanol–water partition coefficient (Wildman–Crippen LogP) is 3.28. The van der Waals surface area contributed by atoms with Gasteiger partial charge in [-0.15, -0.1) is 0 Å². The molecule has 0 bridgehead atoms. The van der Waals surface area contributed by atoms with Crippen molar-refractivity contribution in [2.24, 2.45) is 5.92 Å². The average molecular weight is 268 g/mol. The van der Waals surface area contributed by atoms with Gasteiger partial charge in [0.1, 0.15) is 5.69 Å². The molecule has 0 aliphatic carbocycles. The first-order valence-electron chi connectivity index (χ1n) is 6.56. The molecule has 1 aliphatic heterocycles. The van der Waals surface area contributed by atoms with Gasteiger partial charge >= 0.3 is 0 Å². The highest BCUT2D eigenvalue weighted by Crippen LogP contribution is 2.28. The Kier molecular flexibility index (Phi) is 4.12. The number of halogens is 2. The van der Waals surface area contributed by atoms with Gasteiger partial charge in [-0.25, -0.2) is 8.78 Å². The third kappa shape index (κ3) is 2.74. The standard InChI is InChI=1S/C14H18F2N2O/c1-9(2)11-6-4-8-18(11)14(19)12-10(13(15)16)5-3-7-17-12/h3,5,7,9,11,13H,4,6,8H2,1-2H3. The summed E-state index contributed by atoms with van der Waals surface area (Å²) < 4.78 is 25.8. The van der Waals surface area contributed by atoms with Crippen molar-refractivity contribution in [3.63, 3.8) is 0 Å². The van der Waals surface area contributed by atoms with Crippen LogP contribution in [-0.4, -0.2) is 28.4 Å². The van der Waals surface area contributed by atoms with Gasteiger partial charge in [-0.2, -0.15) is 0 Å². The van der Waals surface area contributed by atoms with Gasteiger partial charge in [0.25, 0.3) is 12.3 Å². The lowest BCUT2D eigenvalue weighted by molar-refractivity contribution is 0.0683. The average Bonchev–Trinajstić information content (AvgIpc) is 2.87. The monoisotopic (exact) mass is 268 g/mol. The molecule has 1 fully saturated rings. The summed E-state index contributed by atoms with van der Waals surface area (Å²) in [4.78, 5) is 18.0. The molecule has 0 radical (unpaired) electrons. The Balaban J connectivity index is 2.29. The first-order chi connectivity index (χ1) is 9.02. The summed E-state index contributed by atoms with van der Waals surface area (Å²) in [7, 11) is 0. The minimum absolute atomic E-state index is 0.106. The Morgan fingerprint density at radius 3 is 2.84 bits per heavy atom. The number of carbonyl (C=O) groups is 1. The molecule has 0 N–H and O–H groups in total. The number of hydrogen-bond acceptors (Lipinski definition) is 2. The second-order valence-electron chi connectivity index (χ2n) is 5.19. The van der Waals surface area contributed by atoms with Crippen LogP contribution in [0.3, 0.4) is 0 Å². The highest BCUT2D eigenvalue weighted by atomic mass is 19.3. The molecule has 104 valence electrons. The summed E-state index contributed by atoms with van der Waals surface area (Å²) in [5.74, 6) is -0.0442. The second-order valence-corrected chi connectivity index (χ2v) is 5.19. The van der Waals surface area contributed by atoms with Crippen molar-refractivity contribution in [2.45, 2.75) is 39.2 Å². The van der Waals surface area contributed by atoms with Gasteiger partial charge in [0.2, 0.25) is 0 Å². The molecule has 0 spiro atoms. The molecule has 1 unspecified atom stereocenters. The fraction of sp³-hybridized carbons (Fsp3) is 0.571. The normalized spacial score (nSPS) is 19.5. The predicted molar refractivity (Wildman–Crippen MR) is 68.1 cm³/mol. The Hall–Kier alpha value is -1.52. The highest BCUT2D eigenvalue weighted by molar-refractivity contribution is 5.94. The third-order valence-electron chi connectivity index (χ3n) is 3.61. The first kappa shape index (κ1) is 13.9. The van der Waals surface area contributed by atoms with E-state index in [1.165, 1.54) is 18.3 Å². The molecule has 1 aromatic rings. The lowest BCUT2D eigenvalue weighted by Crippen LogP contribution is -2.39. The second kappa shape index (κ2) is 5.63. The summed E-state index contributed by atoms with van der Waals surface area (Å²) in [5.41, 5.74) is -0.382. The van der Waals surface area contributed by atoms with E-state index >= 15 is 0 Å². The number of alkyl halides is 2. The molecular weight excluding hydrogens is 250 g/mol. The summed E-state index contributed by atoms with van der Waals surface area (Å²) in [6, 6.07) is 2.83. The van der Waals surface area contributed by atoms with Crippen LogP contribution in [0.5, 0.6) is 0 Å². The van der Waals surface area contributed by atoms with E-state index in [0.29, 0.717) is 12.5 Å². The van der Waals surface area contributed by atoms with Gasteiger partial charge in [-0.1, -0.05) is 13.8 Å². The molecular formula is C14H18F2N2O. The molecule has 19 heavy (non-hydrogen) atoms. The molecule has 1 amide bonds. The minimum Gasteiger partial charge on any atom is -0.334 e. The molecule has 1 saturated heterocycles. The van der Waals surface area contributed by atoms with Crippen molar-refractivity contribution in [3.8, 4) is 0 Å². The number of pyridine rings is 1. The number of aromatic nitrogens is 1. The van der Waals surface area contributed by atoms with E-state index in [0.717, 1.165) is 12.8 Å².